The average Bonchev–Trinajstić information content (AvgIpc) is 3.07. The van der Waals surface area contributed by atoms with Crippen molar-refractivity contribution in [1.29, 1.82) is 0 Å². The molecule has 2 heterocycles. The maximum absolute atomic E-state index is 12.8. The summed E-state index contributed by atoms with van der Waals surface area (Å²) >= 11 is 7.24. The lowest BCUT2D eigenvalue weighted by Crippen LogP contribution is -2.26. The summed E-state index contributed by atoms with van der Waals surface area (Å²) in [6.45, 7) is 0. The van der Waals surface area contributed by atoms with Gasteiger partial charge in [-0.3, -0.25) is 14.4 Å². The summed E-state index contributed by atoms with van der Waals surface area (Å²) in [6, 6.07) is 8.09. The Hall–Kier alpha value is -2.97. The first-order valence-corrected chi connectivity index (χ1v) is 10.2. The molecule has 0 fully saturated rings. The molecule has 1 aliphatic rings. The van der Waals surface area contributed by atoms with E-state index in [0.29, 0.717) is 21.3 Å². The van der Waals surface area contributed by atoms with Gasteiger partial charge in [-0.15, -0.1) is 11.3 Å². The highest BCUT2D eigenvalue weighted by Crippen LogP contribution is 2.38. The second kappa shape index (κ2) is 7.81. The van der Waals surface area contributed by atoms with Crippen molar-refractivity contribution in [2.75, 3.05) is 5.32 Å². The molecule has 0 spiro atoms. The van der Waals surface area contributed by atoms with Crippen LogP contribution in [0.15, 0.2) is 41.3 Å². The molecule has 0 unspecified atom stereocenters. The van der Waals surface area contributed by atoms with E-state index in [2.05, 4.69) is 10.4 Å². The summed E-state index contributed by atoms with van der Waals surface area (Å²) in [7, 11) is 0. The summed E-state index contributed by atoms with van der Waals surface area (Å²) in [5, 5.41) is 7.77. The molecule has 29 heavy (non-hydrogen) atoms. The third-order valence-electron chi connectivity index (χ3n) is 4.76. The first-order chi connectivity index (χ1) is 13.9. The van der Waals surface area contributed by atoms with E-state index in [4.69, 9.17) is 17.3 Å². The van der Waals surface area contributed by atoms with E-state index in [1.165, 1.54) is 28.3 Å². The van der Waals surface area contributed by atoms with Crippen LogP contribution in [0.2, 0.25) is 5.02 Å². The molecule has 3 aromatic rings. The average molecular weight is 429 g/mol. The van der Waals surface area contributed by atoms with Gasteiger partial charge in [0.25, 0.3) is 11.8 Å². The number of nitrogens with one attached hydrogen (secondary N) is 1. The van der Waals surface area contributed by atoms with Crippen molar-refractivity contribution in [3.63, 3.8) is 0 Å². The number of aromatic nitrogens is 2. The topological polar surface area (TPSA) is 107 Å². The SMILES string of the molecule is NC(=O)c1c(NC(=O)c2nn(-c3ccc(Cl)cc3)ccc2=O)sc2c1CCCC2. The van der Waals surface area contributed by atoms with Gasteiger partial charge in [0, 0.05) is 22.2 Å². The molecule has 7 nitrogen and oxygen atoms in total. The molecule has 0 saturated carbocycles. The predicted molar refractivity (Wildman–Crippen MR) is 112 cm³/mol. The maximum atomic E-state index is 12.8. The van der Waals surface area contributed by atoms with Crippen molar-refractivity contribution >= 4 is 39.8 Å². The van der Waals surface area contributed by atoms with E-state index in [0.717, 1.165) is 36.1 Å². The van der Waals surface area contributed by atoms with Crippen LogP contribution in [-0.2, 0) is 12.8 Å². The number of anilines is 1. The van der Waals surface area contributed by atoms with Crippen molar-refractivity contribution in [2.24, 2.45) is 5.73 Å². The largest absolute Gasteiger partial charge is 0.365 e. The number of rotatable bonds is 4. The number of carbonyl (C=O) groups is 2. The molecule has 2 aromatic heterocycles. The highest BCUT2D eigenvalue weighted by Gasteiger charge is 2.26. The number of halogens is 1. The minimum Gasteiger partial charge on any atom is -0.365 e. The minimum atomic E-state index is -0.681. The molecule has 3 N–H and O–H groups in total. The Morgan fingerprint density at radius 2 is 1.86 bits per heavy atom. The van der Waals surface area contributed by atoms with Gasteiger partial charge in [-0.25, -0.2) is 4.68 Å². The molecule has 0 bridgehead atoms. The Labute approximate surface area is 175 Å². The van der Waals surface area contributed by atoms with Crippen LogP contribution in [0.1, 0.15) is 44.1 Å². The number of thiophene rings is 1. The molecule has 9 heteroatoms. The number of nitrogens with two attached hydrogens (primary N) is 1. The Morgan fingerprint density at radius 1 is 1.14 bits per heavy atom. The number of aryl methyl sites for hydroxylation is 1. The van der Waals surface area contributed by atoms with Crippen LogP contribution in [-0.4, -0.2) is 21.6 Å². The van der Waals surface area contributed by atoms with Crippen molar-refractivity contribution in [1.82, 2.24) is 9.78 Å². The number of hydrogen-bond donors (Lipinski definition) is 2. The Bertz CT molecular complexity index is 1170. The number of hydrogen-bond acceptors (Lipinski definition) is 5. The van der Waals surface area contributed by atoms with Gasteiger partial charge in [0.05, 0.1) is 11.3 Å². The fraction of sp³-hybridized carbons (Fsp3) is 0.200. The van der Waals surface area contributed by atoms with Gasteiger partial charge in [0.1, 0.15) is 5.00 Å². The molecular weight excluding hydrogens is 412 g/mol. The fourth-order valence-electron chi connectivity index (χ4n) is 3.38. The Morgan fingerprint density at radius 3 is 2.59 bits per heavy atom. The predicted octanol–water partition coefficient (Wildman–Crippen LogP) is 3.18. The minimum absolute atomic E-state index is 0.274. The van der Waals surface area contributed by atoms with Gasteiger partial charge < -0.3 is 11.1 Å². The first-order valence-electron chi connectivity index (χ1n) is 9.05. The first kappa shape index (κ1) is 19.4. The van der Waals surface area contributed by atoms with Crippen molar-refractivity contribution in [3.8, 4) is 5.69 Å². The van der Waals surface area contributed by atoms with Crippen LogP contribution in [0.5, 0.6) is 0 Å². The number of carbonyl (C=O) groups excluding carboxylic acids is 2. The summed E-state index contributed by atoms with van der Waals surface area (Å²) in [6.07, 6.45) is 5.09. The van der Waals surface area contributed by atoms with Gasteiger partial charge in [0.15, 0.2) is 5.69 Å². The number of fused-ring (bicyclic) bond motifs is 1. The number of nitrogens with zero attached hydrogens (tertiary/aromatic N) is 2. The number of amides is 2. The zero-order chi connectivity index (χ0) is 20.5. The summed E-state index contributed by atoms with van der Waals surface area (Å²) in [4.78, 5) is 38.1. The molecule has 1 aromatic carbocycles. The number of primary amides is 1. The Kier molecular flexibility index (Phi) is 5.21. The smallest absolute Gasteiger partial charge is 0.280 e. The quantitative estimate of drug-likeness (QED) is 0.665. The molecule has 0 atom stereocenters. The standard InChI is InChI=1S/C20H17ClN4O3S/c21-11-5-7-12(8-6-11)25-10-9-14(26)17(24-25)19(28)23-20-16(18(22)27)13-3-1-2-4-15(13)29-20/h5-10H,1-4H2,(H2,22,27)(H,23,28). The van der Waals surface area contributed by atoms with Crippen molar-refractivity contribution in [2.45, 2.75) is 25.7 Å². The molecule has 0 radical (unpaired) electrons. The van der Waals surface area contributed by atoms with E-state index in [1.807, 2.05) is 0 Å². The highest BCUT2D eigenvalue weighted by atomic mass is 35.5. The second-order valence-electron chi connectivity index (χ2n) is 6.68. The maximum Gasteiger partial charge on any atom is 0.280 e. The van der Waals surface area contributed by atoms with Crippen LogP contribution >= 0.6 is 22.9 Å². The monoisotopic (exact) mass is 428 g/mol. The highest BCUT2D eigenvalue weighted by molar-refractivity contribution is 7.17. The van der Waals surface area contributed by atoms with Gasteiger partial charge in [0.2, 0.25) is 5.43 Å². The van der Waals surface area contributed by atoms with Crippen LogP contribution in [0.3, 0.4) is 0 Å². The number of benzene rings is 1. The third-order valence-corrected chi connectivity index (χ3v) is 6.22. The Balaban J connectivity index is 1.68. The van der Waals surface area contributed by atoms with Crippen LogP contribution < -0.4 is 16.5 Å². The lowest BCUT2D eigenvalue weighted by atomic mass is 9.95. The van der Waals surface area contributed by atoms with Gasteiger partial charge in [-0.1, -0.05) is 11.6 Å². The van der Waals surface area contributed by atoms with Gasteiger partial charge in [-0.05, 0) is 55.5 Å². The molecule has 4 rings (SSSR count). The molecular formula is C20H17ClN4O3S. The fourth-order valence-corrected chi connectivity index (χ4v) is 4.80. The molecule has 1 aliphatic carbocycles. The van der Waals surface area contributed by atoms with Crippen LogP contribution in [0, 0.1) is 0 Å². The van der Waals surface area contributed by atoms with Crippen LogP contribution in [0.4, 0.5) is 5.00 Å². The van der Waals surface area contributed by atoms with E-state index in [9.17, 15) is 14.4 Å². The normalized spacial score (nSPS) is 13.0. The molecule has 0 aliphatic heterocycles. The molecule has 2 amide bonds. The van der Waals surface area contributed by atoms with Gasteiger partial charge >= 0.3 is 0 Å². The van der Waals surface area contributed by atoms with Crippen LogP contribution in [0.25, 0.3) is 5.69 Å². The molecule has 0 saturated heterocycles. The van der Waals surface area contributed by atoms with Gasteiger partial charge in [-0.2, -0.15) is 5.10 Å². The lowest BCUT2D eigenvalue weighted by Gasteiger charge is -2.11. The zero-order valence-corrected chi connectivity index (χ0v) is 16.8. The zero-order valence-electron chi connectivity index (χ0n) is 15.3. The van der Waals surface area contributed by atoms with E-state index in [1.54, 1.807) is 24.3 Å². The second-order valence-corrected chi connectivity index (χ2v) is 8.22. The van der Waals surface area contributed by atoms with Crippen molar-refractivity contribution in [3.05, 3.63) is 73.5 Å². The lowest BCUT2D eigenvalue weighted by molar-refractivity contribution is 0.100. The van der Waals surface area contributed by atoms with Crippen molar-refractivity contribution < 1.29 is 9.59 Å². The summed E-state index contributed by atoms with van der Waals surface area (Å²) in [5.74, 6) is -1.27. The van der Waals surface area contributed by atoms with E-state index in [-0.39, 0.29) is 5.69 Å². The van der Waals surface area contributed by atoms with E-state index >= 15 is 0 Å². The van der Waals surface area contributed by atoms with E-state index < -0.39 is 17.2 Å². The summed E-state index contributed by atoms with van der Waals surface area (Å²) in [5.41, 5.74) is 6.66. The third kappa shape index (κ3) is 3.81. The summed E-state index contributed by atoms with van der Waals surface area (Å²) < 4.78 is 1.42. The molecule has 148 valence electrons.